The second-order valence-corrected chi connectivity index (χ2v) is 3.68. The Morgan fingerprint density at radius 1 is 1.07 bits per heavy atom. The van der Waals surface area contributed by atoms with E-state index in [-0.39, 0.29) is 13.0 Å². The summed E-state index contributed by atoms with van der Waals surface area (Å²) in [5, 5.41) is 0. The molecule has 0 saturated carbocycles. The number of halogens is 3. The van der Waals surface area contributed by atoms with E-state index in [1.165, 1.54) is 0 Å². The molecule has 0 aromatic rings. The molecular formula is C10H19F3O. The molecule has 1 atom stereocenters. The van der Waals surface area contributed by atoms with Gasteiger partial charge in [-0.15, -0.1) is 0 Å². The smallest absolute Gasteiger partial charge is 0.366 e. The molecule has 0 aliphatic rings. The Morgan fingerprint density at radius 3 is 2.00 bits per heavy atom. The van der Waals surface area contributed by atoms with E-state index in [9.17, 15) is 13.2 Å². The lowest BCUT2D eigenvalue weighted by molar-refractivity contribution is -0.273. The highest BCUT2D eigenvalue weighted by Gasteiger charge is 2.51. The lowest BCUT2D eigenvalue weighted by atomic mass is 9.98. The highest BCUT2D eigenvalue weighted by atomic mass is 19.4. The molecule has 14 heavy (non-hydrogen) atoms. The summed E-state index contributed by atoms with van der Waals surface area (Å²) in [7, 11) is 0. The molecule has 1 unspecified atom stereocenters. The maximum Gasteiger partial charge on any atom is 0.417 e. The monoisotopic (exact) mass is 212 g/mol. The van der Waals surface area contributed by atoms with Crippen LogP contribution < -0.4 is 0 Å². The van der Waals surface area contributed by atoms with E-state index in [1.54, 1.807) is 6.92 Å². The summed E-state index contributed by atoms with van der Waals surface area (Å²) >= 11 is 0. The molecular weight excluding hydrogens is 193 g/mol. The minimum atomic E-state index is -4.27. The SMILES string of the molecule is CCCCC(C)(OCCC)C(F)(F)F. The Kier molecular flexibility index (Phi) is 5.49. The van der Waals surface area contributed by atoms with Crippen LogP contribution in [-0.2, 0) is 4.74 Å². The van der Waals surface area contributed by atoms with Crippen LogP contribution in [0, 0.1) is 0 Å². The Balaban J connectivity index is 4.33. The van der Waals surface area contributed by atoms with Gasteiger partial charge in [-0.1, -0.05) is 26.7 Å². The van der Waals surface area contributed by atoms with Gasteiger partial charge in [0.2, 0.25) is 0 Å². The van der Waals surface area contributed by atoms with Crippen molar-refractivity contribution in [2.24, 2.45) is 0 Å². The van der Waals surface area contributed by atoms with Crippen LogP contribution in [0.4, 0.5) is 13.2 Å². The first-order valence-electron chi connectivity index (χ1n) is 5.08. The van der Waals surface area contributed by atoms with E-state index in [0.717, 1.165) is 13.3 Å². The molecule has 1 nitrogen and oxygen atoms in total. The summed E-state index contributed by atoms with van der Waals surface area (Å²) in [6.45, 7) is 4.98. The van der Waals surface area contributed by atoms with Crippen molar-refractivity contribution in [2.75, 3.05) is 6.61 Å². The molecule has 0 aromatic carbocycles. The van der Waals surface area contributed by atoms with Crippen molar-refractivity contribution in [3.8, 4) is 0 Å². The van der Waals surface area contributed by atoms with Gasteiger partial charge in [0.15, 0.2) is 5.60 Å². The van der Waals surface area contributed by atoms with Gasteiger partial charge in [0, 0.05) is 6.61 Å². The fourth-order valence-electron chi connectivity index (χ4n) is 1.14. The second-order valence-electron chi connectivity index (χ2n) is 3.68. The zero-order chi connectivity index (χ0) is 11.2. The summed E-state index contributed by atoms with van der Waals surface area (Å²) in [6, 6.07) is 0. The lowest BCUT2D eigenvalue weighted by Crippen LogP contribution is -2.45. The van der Waals surface area contributed by atoms with Crippen molar-refractivity contribution in [3.05, 3.63) is 0 Å². The number of hydrogen-bond donors (Lipinski definition) is 0. The van der Waals surface area contributed by atoms with Gasteiger partial charge in [-0.05, 0) is 19.8 Å². The average molecular weight is 212 g/mol. The molecule has 0 radical (unpaired) electrons. The summed E-state index contributed by atoms with van der Waals surface area (Å²) in [5.41, 5.74) is -1.96. The van der Waals surface area contributed by atoms with E-state index in [1.807, 2.05) is 6.92 Å². The molecule has 0 N–H and O–H groups in total. The summed E-state index contributed by atoms with van der Waals surface area (Å²) in [6.07, 6.45) is -2.32. The molecule has 0 bridgehead atoms. The van der Waals surface area contributed by atoms with Gasteiger partial charge in [0.05, 0.1) is 0 Å². The third kappa shape index (κ3) is 3.86. The second kappa shape index (κ2) is 5.59. The summed E-state index contributed by atoms with van der Waals surface area (Å²) in [5.74, 6) is 0. The number of alkyl halides is 3. The van der Waals surface area contributed by atoms with Gasteiger partial charge in [0.1, 0.15) is 0 Å². The van der Waals surface area contributed by atoms with Crippen LogP contribution in [0.3, 0.4) is 0 Å². The van der Waals surface area contributed by atoms with Crippen LogP contribution >= 0.6 is 0 Å². The predicted molar refractivity (Wildman–Crippen MR) is 50.2 cm³/mol. The van der Waals surface area contributed by atoms with Gasteiger partial charge in [-0.2, -0.15) is 13.2 Å². The molecule has 86 valence electrons. The van der Waals surface area contributed by atoms with Crippen molar-refractivity contribution in [2.45, 2.75) is 58.2 Å². The van der Waals surface area contributed by atoms with Gasteiger partial charge < -0.3 is 4.74 Å². The minimum Gasteiger partial charge on any atom is -0.366 e. The first-order chi connectivity index (χ1) is 6.37. The maximum absolute atomic E-state index is 12.6. The number of rotatable bonds is 6. The number of unbranched alkanes of at least 4 members (excludes halogenated alkanes) is 1. The molecule has 0 rings (SSSR count). The fraction of sp³-hybridized carbons (Fsp3) is 1.00. The van der Waals surface area contributed by atoms with Crippen molar-refractivity contribution in [1.82, 2.24) is 0 Å². The van der Waals surface area contributed by atoms with E-state index >= 15 is 0 Å². The Bertz CT molecular complexity index is 146. The topological polar surface area (TPSA) is 9.23 Å². The molecule has 0 aliphatic heterocycles. The Labute approximate surface area is 83.6 Å². The van der Waals surface area contributed by atoms with Crippen molar-refractivity contribution in [1.29, 1.82) is 0 Å². The molecule has 0 aromatic heterocycles. The van der Waals surface area contributed by atoms with Crippen LogP contribution in [0.2, 0.25) is 0 Å². The van der Waals surface area contributed by atoms with E-state index in [4.69, 9.17) is 4.74 Å². The number of hydrogen-bond acceptors (Lipinski definition) is 1. The molecule has 0 saturated heterocycles. The van der Waals surface area contributed by atoms with Crippen LogP contribution in [-0.4, -0.2) is 18.4 Å². The van der Waals surface area contributed by atoms with E-state index in [0.29, 0.717) is 12.8 Å². The largest absolute Gasteiger partial charge is 0.417 e. The van der Waals surface area contributed by atoms with Crippen molar-refractivity contribution >= 4 is 0 Å². The maximum atomic E-state index is 12.6. The quantitative estimate of drug-likeness (QED) is 0.648. The first kappa shape index (κ1) is 13.8. The average Bonchev–Trinajstić information content (AvgIpc) is 2.09. The van der Waals surface area contributed by atoms with Gasteiger partial charge in [-0.25, -0.2) is 0 Å². The molecule has 0 fully saturated rings. The van der Waals surface area contributed by atoms with E-state index < -0.39 is 11.8 Å². The molecule has 0 amide bonds. The van der Waals surface area contributed by atoms with Crippen molar-refractivity contribution < 1.29 is 17.9 Å². The minimum absolute atomic E-state index is 0.0486. The molecule has 4 heteroatoms. The van der Waals surface area contributed by atoms with Crippen LogP contribution in [0.25, 0.3) is 0 Å². The zero-order valence-electron chi connectivity index (χ0n) is 9.08. The van der Waals surface area contributed by atoms with Crippen LogP contribution in [0.1, 0.15) is 46.5 Å². The number of ether oxygens (including phenoxy) is 1. The lowest BCUT2D eigenvalue weighted by Gasteiger charge is -2.32. The third-order valence-electron chi connectivity index (χ3n) is 2.23. The van der Waals surface area contributed by atoms with Crippen LogP contribution in [0.5, 0.6) is 0 Å². The normalized spacial score (nSPS) is 16.7. The van der Waals surface area contributed by atoms with E-state index in [2.05, 4.69) is 0 Å². The summed E-state index contributed by atoms with van der Waals surface area (Å²) in [4.78, 5) is 0. The fourth-order valence-corrected chi connectivity index (χ4v) is 1.14. The van der Waals surface area contributed by atoms with Gasteiger partial charge in [0.25, 0.3) is 0 Å². The Morgan fingerprint density at radius 2 is 1.64 bits per heavy atom. The molecule has 0 heterocycles. The summed E-state index contributed by atoms with van der Waals surface area (Å²) < 4.78 is 42.8. The third-order valence-corrected chi connectivity index (χ3v) is 2.23. The molecule has 0 aliphatic carbocycles. The van der Waals surface area contributed by atoms with Gasteiger partial charge in [-0.3, -0.25) is 0 Å². The highest BCUT2D eigenvalue weighted by Crippen LogP contribution is 2.37. The van der Waals surface area contributed by atoms with Gasteiger partial charge >= 0.3 is 6.18 Å². The first-order valence-corrected chi connectivity index (χ1v) is 5.08. The zero-order valence-corrected chi connectivity index (χ0v) is 9.08. The van der Waals surface area contributed by atoms with Crippen LogP contribution in [0.15, 0.2) is 0 Å². The Hall–Kier alpha value is -0.250. The van der Waals surface area contributed by atoms with Crippen molar-refractivity contribution in [3.63, 3.8) is 0 Å². The highest BCUT2D eigenvalue weighted by molar-refractivity contribution is 4.83. The molecule has 0 spiro atoms. The predicted octanol–water partition coefficient (Wildman–Crippen LogP) is 3.92. The standard InChI is InChI=1S/C10H19F3O/c1-4-6-7-9(3,10(11,12)13)14-8-5-2/h4-8H2,1-3H3.